The van der Waals surface area contributed by atoms with Crippen LogP contribution in [0, 0.1) is 0 Å². The molecule has 0 aliphatic carbocycles. The number of ether oxygens (including phenoxy) is 1. The van der Waals surface area contributed by atoms with Crippen molar-refractivity contribution in [2.24, 2.45) is 0 Å². The summed E-state index contributed by atoms with van der Waals surface area (Å²) >= 11 is 0. The van der Waals surface area contributed by atoms with Gasteiger partial charge in [0, 0.05) is 0 Å². The molecule has 2 unspecified atom stereocenters. The minimum Gasteiger partial charge on any atom is -0.504 e. The van der Waals surface area contributed by atoms with Gasteiger partial charge in [-0.2, -0.15) is 0 Å². The Hall–Kier alpha value is -1.35. The lowest BCUT2D eigenvalue weighted by Crippen LogP contribution is -2.23. The molecule has 2 atom stereocenters. The highest BCUT2D eigenvalue weighted by molar-refractivity contribution is 5.26. The molecule has 0 amide bonds. The normalized spacial score (nSPS) is 31.4. The van der Waals surface area contributed by atoms with Gasteiger partial charge in [-0.05, 0) is 49.3 Å². The lowest BCUT2D eigenvalue weighted by Gasteiger charge is -2.28. The lowest BCUT2D eigenvalue weighted by atomic mass is 9.89. The first-order valence-corrected chi connectivity index (χ1v) is 6.21. The van der Waals surface area contributed by atoms with E-state index in [0.29, 0.717) is 18.1 Å². The van der Waals surface area contributed by atoms with E-state index in [-0.39, 0.29) is 11.2 Å². The Morgan fingerprint density at radius 1 is 1.06 bits per heavy atom. The van der Waals surface area contributed by atoms with Gasteiger partial charge in [-0.1, -0.05) is 12.1 Å². The van der Waals surface area contributed by atoms with E-state index in [4.69, 9.17) is 4.74 Å². The van der Waals surface area contributed by atoms with Crippen LogP contribution in [0.25, 0.3) is 0 Å². The zero-order chi connectivity index (χ0) is 11.8. The van der Waals surface area contributed by atoms with Crippen LogP contribution < -0.4 is 5.43 Å². The lowest BCUT2D eigenvalue weighted by molar-refractivity contribution is -0.00378. The molecule has 2 bridgehead atoms. The van der Waals surface area contributed by atoms with Crippen molar-refractivity contribution < 1.29 is 9.84 Å². The van der Waals surface area contributed by atoms with Crippen molar-refractivity contribution in [3.63, 3.8) is 0 Å². The van der Waals surface area contributed by atoms with E-state index in [9.17, 15) is 9.90 Å². The molecule has 17 heavy (non-hydrogen) atoms. The quantitative estimate of drug-likeness (QED) is 0.807. The van der Waals surface area contributed by atoms with Gasteiger partial charge < -0.3 is 9.84 Å². The fourth-order valence-corrected chi connectivity index (χ4v) is 2.97. The number of aromatic hydroxyl groups is 1. The smallest absolute Gasteiger partial charge is 0.220 e. The molecule has 0 aromatic heterocycles. The first-order chi connectivity index (χ1) is 8.22. The van der Waals surface area contributed by atoms with Crippen molar-refractivity contribution in [2.75, 3.05) is 0 Å². The first-order valence-electron chi connectivity index (χ1n) is 6.21. The molecular weight excluding hydrogens is 216 g/mol. The topological polar surface area (TPSA) is 46.5 Å². The van der Waals surface area contributed by atoms with Gasteiger partial charge in [0.25, 0.3) is 0 Å². The molecule has 3 nitrogen and oxygen atoms in total. The molecule has 1 N–H and O–H groups in total. The molecule has 3 rings (SSSR count). The van der Waals surface area contributed by atoms with E-state index >= 15 is 0 Å². The Morgan fingerprint density at radius 3 is 2.41 bits per heavy atom. The molecule has 3 heteroatoms. The molecule has 2 heterocycles. The number of rotatable bonds is 1. The Bertz CT molecular complexity index is 471. The summed E-state index contributed by atoms with van der Waals surface area (Å²) in [7, 11) is 0. The first kappa shape index (κ1) is 10.8. The molecule has 2 aliphatic rings. The molecule has 0 saturated carbocycles. The second-order valence-electron chi connectivity index (χ2n) is 5.04. The van der Waals surface area contributed by atoms with Gasteiger partial charge in [-0.25, -0.2) is 0 Å². The van der Waals surface area contributed by atoms with Crippen LogP contribution in [0.2, 0.25) is 0 Å². The van der Waals surface area contributed by atoms with Crippen LogP contribution in [0.3, 0.4) is 0 Å². The van der Waals surface area contributed by atoms with Gasteiger partial charge in [0.05, 0.1) is 12.2 Å². The summed E-state index contributed by atoms with van der Waals surface area (Å²) < 4.78 is 5.81. The zero-order valence-corrected chi connectivity index (χ0v) is 9.63. The highest BCUT2D eigenvalue weighted by Gasteiger charge is 2.35. The largest absolute Gasteiger partial charge is 0.504 e. The number of hydrogen-bond acceptors (Lipinski definition) is 3. The van der Waals surface area contributed by atoms with Crippen molar-refractivity contribution in [1.82, 2.24) is 0 Å². The molecule has 1 aromatic carbocycles. The third-order valence-electron chi connectivity index (χ3n) is 3.88. The molecule has 90 valence electrons. The highest BCUT2D eigenvalue weighted by Crippen LogP contribution is 2.40. The molecule has 1 aromatic rings. The minimum absolute atomic E-state index is 0.175. The van der Waals surface area contributed by atoms with Gasteiger partial charge in [-0.3, -0.25) is 4.79 Å². The van der Waals surface area contributed by atoms with Crippen LogP contribution in [0.15, 0.2) is 29.1 Å². The van der Waals surface area contributed by atoms with E-state index in [2.05, 4.69) is 0 Å². The van der Waals surface area contributed by atoms with Crippen LogP contribution >= 0.6 is 0 Å². The van der Waals surface area contributed by atoms with Gasteiger partial charge in [0.15, 0.2) is 5.75 Å². The van der Waals surface area contributed by atoms with Crippen LogP contribution in [-0.4, -0.2) is 17.3 Å². The van der Waals surface area contributed by atoms with Crippen molar-refractivity contribution in [2.45, 2.75) is 43.8 Å². The van der Waals surface area contributed by atoms with Gasteiger partial charge in [0.1, 0.15) is 0 Å². The summed E-state index contributed by atoms with van der Waals surface area (Å²) in [6.45, 7) is 0. The maximum absolute atomic E-state index is 11.3. The maximum atomic E-state index is 11.3. The molecule has 0 radical (unpaired) electrons. The molecule has 0 spiro atoms. The second kappa shape index (κ2) is 4.15. The molecule has 2 saturated heterocycles. The van der Waals surface area contributed by atoms with Gasteiger partial charge in [0.2, 0.25) is 5.43 Å². The second-order valence-corrected chi connectivity index (χ2v) is 5.04. The fourth-order valence-electron chi connectivity index (χ4n) is 2.97. The maximum Gasteiger partial charge on any atom is 0.220 e. The van der Waals surface area contributed by atoms with E-state index in [1.54, 1.807) is 0 Å². The summed E-state index contributed by atoms with van der Waals surface area (Å²) in [5, 5.41) is 9.38. The third kappa shape index (κ3) is 2.07. The van der Waals surface area contributed by atoms with Crippen LogP contribution in [-0.2, 0) is 4.74 Å². The van der Waals surface area contributed by atoms with Crippen molar-refractivity contribution >= 4 is 0 Å². The van der Waals surface area contributed by atoms with Crippen molar-refractivity contribution in [3.05, 3.63) is 40.1 Å². The average molecular weight is 232 g/mol. The summed E-state index contributed by atoms with van der Waals surface area (Å²) in [5.41, 5.74) is 0.828. The molecule has 2 aliphatic heterocycles. The van der Waals surface area contributed by atoms with Gasteiger partial charge in [-0.15, -0.1) is 0 Å². The Balaban J connectivity index is 1.90. The Kier molecular flexibility index (Phi) is 2.63. The fraction of sp³-hybridized carbons (Fsp3) is 0.500. The SMILES string of the molecule is O=c1ccc(C2CC3CCC(C2)O3)ccc1O. The Labute approximate surface area is 100 Å². The van der Waals surface area contributed by atoms with E-state index in [1.807, 2.05) is 12.1 Å². The summed E-state index contributed by atoms with van der Waals surface area (Å²) in [6.07, 6.45) is 5.19. The predicted octanol–water partition coefficient (Wildman–Crippen LogP) is 2.18. The molecule has 2 fully saturated rings. The highest BCUT2D eigenvalue weighted by atomic mass is 16.5. The van der Waals surface area contributed by atoms with E-state index < -0.39 is 0 Å². The Morgan fingerprint density at radius 2 is 1.71 bits per heavy atom. The zero-order valence-electron chi connectivity index (χ0n) is 9.63. The van der Waals surface area contributed by atoms with Crippen LogP contribution in [0.1, 0.15) is 37.2 Å². The van der Waals surface area contributed by atoms with E-state index in [1.165, 1.54) is 12.1 Å². The standard InChI is InChI=1S/C14H16O3/c15-13-5-1-9(2-6-14(13)16)10-7-11-3-4-12(8-10)17-11/h1-2,5-6,10-12H,3-4,7-8H2,(H,15,16). The van der Waals surface area contributed by atoms with Crippen LogP contribution in [0.5, 0.6) is 5.75 Å². The number of hydrogen-bond donors (Lipinski definition) is 1. The number of fused-ring (bicyclic) bond motifs is 2. The summed E-state index contributed by atoms with van der Waals surface area (Å²) in [5.74, 6) is 0.290. The van der Waals surface area contributed by atoms with E-state index in [0.717, 1.165) is 31.2 Å². The monoisotopic (exact) mass is 232 g/mol. The third-order valence-corrected chi connectivity index (χ3v) is 3.88. The summed E-state index contributed by atoms with van der Waals surface area (Å²) in [4.78, 5) is 11.3. The van der Waals surface area contributed by atoms with Crippen molar-refractivity contribution in [1.29, 1.82) is 0 Å². The minimum atomic E-state index is -0.314. The van der Waals surface area contributed by atoms with Crippen LogP contribution in [0.4, 0.5) is 0 Å². The molecular formula is C14H16O3. The summed E-state index contributed by atoms with van der Waals surface area (Å²) in [6, 6.07) is 6.68. The average Bonchev–Trinajstić information content (AvgIpc) is 2.57. The van der Waals surface area contributed by atoms with Crippen molar-refractivity contribution in [3.8, 4) is 5.75 Å². The van der Waals surface area contributed by atoms with Gasteiger partial charge >= 0.3 is 0 Å². The predicted molar refractivity (Wildman–Crippen MR) is 64.2 cm³/mol.